The molecule has 9 heavy (non-hydrogen) atoms. The van der Waals surface area contributed by atoms with Crippen LogP contribution in [0.25, 0.3) is 0 Å². The summed E-state index contributed by atoms with van der Waals surface area (Å²) in [6, 6.07) is 0. The molecule has 1 fully saturated rings. The lowest BCUT2D eigenvalue weighted by atomic mass is 10.00. The van der Waals surface area contributed by atoms with Crippen molar-refractivity contribution in [1.29, 1.82) is 0 Å². The summed E-state index contributed by atoms with van der Waals surface area (Å²) < 4.78 is 5.01. The summed E-state index contributed by atoms with van der Waals surface area (Å²) in [5.74, 6) is 0. The second kappa shape index (κ2) is 2.50. The van der Waals surface area contributed by atoms with Gasteiger partial charge in [0.15, 0.2) is 0 Å². The molecule has 1 saturated heterocycles. The Kier molecular flexibility index (Phi) is 1.88. The van der Waals surface area contributed by atoms with Crippen molar-refractivity contribution in [3.63, 3.8) is 0 Å². The normalized spacial score (nSPS) is 34.8. The molecule has 0 spiro atoms. The quantitative estimate of drug-likeness (QED) is 0.555. The van der Waals surface area contributed by atoms with Crippen molar-refractivity contribution in [2.24, 2.45) is 0 Å². The van der Waals surface area contributed by atoms with Crippen LogP contribution in [0, 0.1) is 0 Å². The van der Waals surface area contributed by atoms with E-state index in [1.807, 2.05) is 0 Å². The molecule has 0 saturated carbocycles. The zero-order valence-corrected chi connectivity index (χ0v) is 5.47. The summed E-state index contributed by atoms with van der Waals surface area (Å²) >= 11 is 0. The lowest BCUT2D eigenvalue weighted by molar-refractivity contribution is 0.0294. The van der Waals surface area contributed by atoms with Gasteiger partial charge in [-0.1, -0.05) is 6.08 Å². The minimum Gasteiger partial charge on any atom is -0.387 e. The zero-order valence-electron chi connectivity index (χ0n) is 5.47. The molecule has 2 heteroatoms. The summed E-state index contributed by atoms with van der Waals surface area (Å²) in [7, 11) is 0. The third-order valence-corrected chi connectivity index (χ3v) is 1.61. The Labute approximate surface area is 55.1 Å². The first kappa shape index (κ1) is 6.78. The average molecular weight is 128 g/mol. The number of aliphatic hydroxyl groups is 1. The van der Waals surface area contributed by atoms with Crippen molar-refractivity contribution in [2.45, 2.75) is 18.4 Å². The molecular formula is C7H12O2. The van der Waals surface area contributed by atoms with Crippen LogP contribution in [0.1, 0.15) is 12.8 Å². The lowest BCUT2D eigenvalue weighted by Crippen LogP contribution is -2.27. The number of rotatable bonds is 2. The van der Waals surface area contributed by atoms with E-state index in [0.29, 0.717) is 19.6 Å². The van der Waals surface area contributed by atoms with E-state index in [4.69, 9.17) is 4.74 Å². The maximum atomic E-state index is 9.50. The van der Waals surface area contributed by atoms with Crippen LogP contribution in [0.5, 0.6) is 0 Å². The molecule has 1 aliphatic heterocycles. The first-order valence-corrected chi connectivity index (χ1v) is 3.18. The fourth-order valence-electron chi connectivity index (χ4n) is 1.03. The second-order valence-corrected chi connectivity index (χ2v) is 2.52. The van der Waals surface area contributed by atoms with Crippen molar-refractivity contribution in [3.8, 4) is 0 Å². The topological polar surface area (TPSA) is 29.5 Å². The van der Waals surface area contributed by atoms with Crippen molar-refractivity contribution >= 4 is 0 Å². The minimum absolute atomic E-state index is 0.471. The highest BCUT2D eigenvalue weighted by molar-refractivity contribution is 4.89. The monoisotopic (exact) mass is 128 g/mol. The maximum Gasteiger partial charge on any atom is 0.0936 e. The fraction of sp³-hybridized carbons (Fsp3) is 0.714. The van der Waals surface area contributed by atoms with E-state index < -0.39 is 5.60 Å². The molecular weight excluding hydrogens is 116 g/mol. The van der Waals surface area contributed by atoms with Crippen LogP contribution in [-0.4, -0.2) is 23.9 Å². The van der Waals surface area contributed by atoms with Crippen LogP contribution in [0.3, 0.4) is 0 Å². The second-order valence-electron chi connectivity index (χ2n) is 2.52. The molecule has 0 unspecified atom stereocenters. The van der Waals surface area contributed by atoms with E-state index in [-0.39, 0.29) is 0 Å². The van der Waals surface area contributed by atoms with Gasteiger partial charge in [-0.15, -0.1) is 6.58 Å². The largest absolute Gasteiger partial charge is 0.387 e. The van der Waals surface area contributed by atoms with Crippen LogP contribution in [0.4, 0.5) is 0 Å². The highest BCUT2D eigenvalue weighted by Gasteiger charge is 2.30. The Morgan fingerprint density at radius 1 is 1.78 bits per heavy atom. The molecule has 0 aliphatic carbocycles. The molecule has 1 atom stereocenters. The molecule has 52 valence electrons. The van der Waals surface area contributed by atoms with Gasteiger partial charge in [0.05, 0.1) is 12.2 Å². The first-order valence-electron chi connectivity index (χ1n) is 3.18. The van der Waals surface area contributed by atoms with Crippen molar-refractivity contribution in [2.75, 3.05) is 13.2 Å². The maximum absolute atomic E-state index is 9.50. The summed E-state index contributed by atoms with van der Waals surface area (Å²) in [6.07, 6.45) is 3.13. The Balaban J connectivity index is 2.40. The fourth-order valence-corrected chi connectivity index (χ4v) is 1.03. The standard InChI is InChI=1S/C7H12O2/c1-2-3-7(8)4-5-9-6-7/h2,8H,1,3-6H2/t7-/m1/s1. The van der Waals surface area contributed by atoms with Gasteiger partial charge < -0.3 is 9.84 Å². The molecule has 0 aromatic heterocycles. The SMILES string of the molecule is C=CC[C@@]1(O)CCOC1. The van der Waals surface area contributed by atoms with Crippen LogP contribution in [0.15, 0.2) is 12.7 Å². The summed E-state index contributed by atoms with van der Waals surface area (Å²) in [6.45, 7) is 4.71. The van der Waals surface area contributed by atoms with Gasteiger partial charge in [-0.25, -0.2) is 0 Å². The minimum atomic E-state index is -0.595. The molecule has 1 heterocycles. The Morgan fingerprint density at radius 3 is 3.00 bits per heavy atom. The molecule has 1 rings (SSSR count). The molecule has 0 radical (unpaired) electrons. The molecule has 1 N–H and O–H groups in total. The summed E-state index contributed by atoms with van der Waals surface area (Å²) in [5.41, 5.74) is -0.595. The van der Waals surface area contributed by atoms with Gasteiger partial charge in [0.1, 0.15) is 0 Å². The van der Waals surface area contributed by atoms with Gasteiger partial charge in [0.25, 0.3) is 0 Å². The smallest absolute Gasteiger partial charge is 0.0936 e. The van der Waals surface area contributed by atoms with Gasteiger partial charge in [0, 0.05) is 13.0 Å². The average Bonchev–Trinajstić information content (AvgIpc) is 2.16. The van der Waals surface area contributed by atoms with E-state index in [1.54, 1.807) is 6.08 Å². The summed E-state index contributed by atoms with van der Waals surface area (Å²) in [5, 5.41) is 9.50. The van der Waals surface area contributed by atoms with Gasteiger partial charge in [-0.2, -0.15) is 0 Å². The van der Waals surface area contributed by atoms with E-state index in [2.05, 4.69) is 6.58 Å². The molecule has 1 aliphatic rings. The van der Waals surface area contributed by atoms with Crippen LogP contribution in [0.2, 0.25) is 0 Å². The third kappa shape index (κ3) is 1.53. The van der Waals surface area contributed by atoms with Crippen LogP contribution < -0.4 is 0 Å². The first-order chi connectivity index (χ1) is 4.27. The van der Waals surface area contributed by atoms with Crippen molar-refractivity contribution < 1.29 is 9.84 Å². The van der Waals surface area contributed by atoms with Crippen LogP contribution >= 0.6 is 0 Å². The molecule has 0 aromatic carbocycles. The summed E-state index contributed by atoms with van der Waals surface area (Å²) in [4.78, 5) is 0. The predicted molar refractivity (Wildman–Crippen MR) is 35.2 cm³/mol. The third-order valence-electron chi connectivity index (χ3n) is 1.61. The Morgan fingerprint density at radius 2 is 2.56 bits per heavy atom. The molecule has 0 aromatic rings. The Hall–Kier alpha value is -0.340. The van der Waals surface area contributed by atoms with E-state index in [1.165, 1.54) is 0 Å². The lowest BCUT2D eigenvalue weighted by Gasteiger charge is -2.16. The van der Waals surface area contributed by atoms with Gasteiger partial charge in [0.2, 0.25) is 0 Å². The van der Waals surface area contributed by atoms with Gasteiger partial charge >= 0.3 is 0 Å². The van der Waals surface area contributed by atoms with Crippen LogP contribution in [-0.2, 0) is 4.74 Å². The number of ether oxygens (including phenoxy) is 1. The predicted octanol–water partition coefficient (Wildman–Crippen LogP) is 0.714. The van der Waals surface area contributed by atoms with Gasteiger partial charge in [-0.05, 0) is 6.42 Å². The highest BCUT2D eigenvalue weighted by Crippen LogP contribution is 2.21. The van der Waals surface area contributed by atoms with Gasteiger partial charge in [-0.3, -0.25) is 0 Å². The number of hydrogen-bond acceptors (Lipinski definition) is 2. The molecule has 0 amide bonds. The van der Waals surface area contributed by atoms with Crippen molar-refractivity contribution in [1.82, 2.24) is 0 Å². The highest BCUT2D eigenvalue weighted by atomic mass is 16.5. The van der Waals surface area contributed by atoms with E-state index in [0.717, 1.165) is 6.42 Å². The van der Waals surface area contributed by atoms with E-state index >= 15 is 0 Å². The van der Waals surface area contributed by atoms with Crippen molar-refractivity contribution in [3.05, 3.63) is 12.7 Å². The Bertz CT molecular complexity index is 103. The zero-order chi connectivity index (χ0) is 6.74. The van der Waals surface area contributed by atoms with E-state index in [9.17, 15) is 5.11 Å². The molecule has 2 nitrogen and oxygen atoms in total. The molecule has 0 bridgehead atoms. The number of hydrogen-bond donors (Lipinski definition) is 1.